The highest BCUT2D eigenvalue weighted by Gasteiger charge is 2.10. The number of benzene rings is 2. The lowest BCUT2D eigenvalue weighted by Crippen LogP contribution is -2.44. The number of carbonyl (C=O) groups excluding carboxylic acids is 2. The zero-order chi connectivity index (χ0) is 19.8. The molecule has 0 aliphatic heterocycles. The lowest BCUT2D eigenvalue weighted by Gasteiger charge is -2.12. The van der Waals surface area contributed by atoms with Crippen LogP contribution in [-0.2, 0) is 11.2 Å². The van der Waals surface area contributed by atoms with E-state index in [4.69, 9.17) is 4.74 Å². The van der Waals surface area contributed by atoms with Gasteiger partial charge < -0.3 is 9.94 Å². The summed E-state index contributed by atoms with van der Waals surface area (Å²) in [6, 6.07) is 20.1. The molecule has 0 aliphatic carbocycles. The van der Waals surface area contributed by atoms with Gasteiger partial charge in [0.25, 0.3) is 11.8 Å². The number of pyridine rings is 1. The normalized spacial score (nSPS) is 10.1. The molecule has 0 atom stereocenters. The molecule has 1 heterocycles. The molecular formula is C21H19N3O4. The number of hydrogen-bond donors (Lipinski definition) is 2. The third-order valence-electron chi connectivity index (χ3n) is 3.95. The quantitative estimate of drug-likeness (QED) is 0.389. The molecule has 7 heteroatoms. The third kappa shape index (κ3) is 5.31. The van der Waals surface area contributed by atoms with Crippen LogP contribution in [0.5, 0.6) is 5.75 Å². The van der Waals surface area contributed by atoms with Gasteiger partial charge in [-0.1, -0.05) is 48.5 Å². The van der Waals surface area contributed by atoms with Crippen LogP contribution in [0.25, 0.3) is 0 Å². The molecule has 0 bridgehead atoms. The topological polar surface area (TPSA) is 94.4 Å². The number of hydrazine groups is 1. The maximum Gasteiger partial charge on any atom is 0.276 e. The van der Waals surface area contributed by atoms with Gasteiger partial charge in [-0.15, -0.1) is 0 Å². The molecule has 142 valence electrons. The Kier molecular flexibility index (Phi) is 6.20. The van der Waals surface area contributed by atoms with E-state index < -0.39 is 11.8 Å². The summed E-state index contributed by atoms with van der Waals surface area (Å²) in [5.41, 5.74) is 6.91. The maximum atomic E-state index is 12.0. The van der Waals surface area contributed by atoms with Gasteiger partial charge in [0.1, 0.15) is 5.75 Å². The van der Waals surface area contributed by atoms with Gasteiger partial charge in [-0.05, 0) is 17.2 Å². The molecule has 0 fully saturated rings. The van der Waals surface area contributed by atoms with Crippen molar-refractivity contribution >= 4 is 11.8 Å². The van der Waals surface area contributed by atoms with E-state index in [1.54, 1.807) is 6.07 Å². The average molecular weight is 377 g/mol. The van der Waals surface area contributed by atoms with Crippen LogP contribution in [0.1, 0.15) is 21.5 Å². The minimum atomic E-state index is -0.529. The average Bonchev–Trinajstić information content (AvgIpc) is 2.72. The number of aromatic nitrogens is 1. The van der Waals surface area contributed by atoms with Crippen LogP contribution < -0.4 is 20.3 Å². The number of hydrogen-bond acceptors (Lipinski definition) is 4. The molecule has 3 rings (SSSR count). The fraction of sp³-hybridized carbons (Fsp3) is 0.0952. The van der Waals surface area contributed by atoms with Gasteiger partial charge >= 0.3 is 0 Å². The molecule has 1 aromatic heterocycles. The number of amides is 2. The molecule has 0 aliphatic rings. The van der Waals surface area contributed by atoms with E-state index in [1.165, 1.54) is 24.5 Å². The van der Waals surface area contributed by atoms with Crippen molar-refractivity contribution in [1.82, 2.24) is 10.9 Å². The Morgan fingerprint density at radius 3 is 2.32 bits per heavy atom. The van der Waals surface area contributed by atoms with E-state index in [0.29, 0.717) is 16.9 Å². The fourth-order valence-corrected chi connectivity index (χ4v) is 2.55. The van der Waals surface area contributed by atoms with Crippen LogP contribution in [0.4, 0.5) is 0 Å². The Labute approximate surface area is 162 Å². The summed E-state index contributed by atoms with van der Waals surface area (Å²) in [4.78, 5) is 23.9. The van der Waals surface area contributed by atoms with Gasteiger partial charge in [0, 0.05) is 18.6 Å². The van der Waals surface area contributed by atoms with Gasteiger partial charge in [0.2, 0.25) is 0 Å². The molecule has 7 nitrogen and oxygen atoms in total. The third-order valence-corrected chi connectivity index (χ3v) is 3.95. The standard InChI is InChI=1S/C21H19N3O4/c25-20(22-23-21(26)17-10-12-24(27)13-11-17)15-28-19-9-5-4-8-18(19)14-16-6-2-1-3-7-16/h1-13H,14-15H2,(H,22,25)(H,23,26). The minimum Gasteiger partial charge on any atom is -0.619 e. The van der Waals surface area contributed by atoms with Crippen LogP contribution in [0.15, 0.2) is 79.1 Å². The first-order valence-corrected chi connectivity index (χ1v) is 8.64. The van der Waals surface area contributed by atoms with Crippen molar-refractivity contribution < 1.29 is 19.1 Å². The van der Waals surface area contributed by atoms with E-state index in [-0.39, 0.29) is 12.2 Å². The minimum absolute atomic E-state index is 0.249. The van der Waals surface area contributed by atoms with Crippen LogP contribution in [-0.4, -0.2) is 18.4 Å². The lowest BCUT2D eigenvalue weighted by molar-refractivity contribution is -0.605. The Morgan fingerprint density at radius 2 is 1.57 bits per heavy atom. The summed E-state index contributed by atoms with van der Waals surface area (Å²) in [6.45, 7) is -0.249. The summed E-state index contributed by atoms with van der Waals surface area (Å²) in [6.07, 6.45) is 3.08. The fourth-order valence-electron chi connectivity index (χ4n) is 2.55. The first kappa shape index (κ1) is 18.9. The highest BCUT2D eigenvalue weighted by Crippen LogP contribution is 2.21. The number of rotatable bonds is 6. The van der Waals surface area contributed by atoms with Gasteiger partial charge in [-0.25, -0.2) is 0 Å². The first-order chi connectivity index (χ1) is 13.6. The van der Waals surface area contributed by atoms with Crippen molar-refractivity contribution in [2.75, 3.05) is 6.61 Å². The van der Waals surface area contributed by atoms with E-state index >= 15 is 0 Å². The van der Waals surface area contributed by atoms with E-state index in [2.05, 4.69) is 10.9 Å². The molecule has 0 radical (unpaired) electrons. The second kappa shape index (κ2) is 9.18. The molecule has 0 spiro atoms. The molecule has 2 amide bonds. The van der Waals surface area contributed by atoms with Crippen molar-refractivity contribution in [3.63, 3.8) is 0 Å². The molecule has 28 heavy (non-hydrogen) atoms. The first-order valence-electron chi connectivity index (χ1n) is 8.64. The SMILES string of the molecule is O=C(COc1ccccc1Cc1ccccc1)NNC(=O)c1cc[n+]([O-])cc1. The molecule has 0 saturated heterocycles. The maximum absolute atomic E-state index is 12.0. The zero-order valence-electron chi connectivity index (χ0n) is 15.0. The van der Waals surface area contributed by atoms with E-state index in [1.807, 2.05) is 48.5 Å². The van der Waals surface area contributed by atoms with Gasteiger partial charge in [-0.3, -0.25) is 20.4 Å². The van der Waals surface area contributed by atoms with Gasteiger partial charge in [0.15, 0.2) is 19.0 Å². The highest BCUT2D eigenvalue weighted by atomic mass is 16.5. The highest BCUT2D eigenvalue weighted by molar-refractivity contribution is 5.95. The predicted octanol–water partition coefficient (Wildman–Crippen LogP) is 1.75. The number of para-hydroxylation sites is 1. The summed E-state index contributed by atoms with van der Waals surface area (Å²) in [7, 11) is 0. The zero-order valence-corrected chi connectivity index (χ0v) is 15.0. The van der Waals surface area contributed by atoms with Crippen molar-refractivity contribution in [2.24, 2.45) is 0 Å². The molecular weight excluding hydrogens is 358 g/mol. The van der Waals surface area contributed by atoms with Crippen molar-refractivity contribution in [1.29, 1.82) is 0 Å². The second-order valence-corrected chi connectivity index (χ2v) is 6.01. The Hall–Kier alpha value is -3.87. The van der Waals surface area contributed by atoms with Crippen molar-refractivity contribution in [3.05, 3.63) is 101 Å². The van der Waals surface area contributed by atoms with Crippen molar-refractivity contribution in [3.8, 4) is 5.75 Å². The molecule has 3 aromatic rings. The van der Waals surface area contributed by atoms with Gasteiger partial charge in [0.05, 0.1) is 5.56 Å². The van der Waals surface area contributed by atoms with E-state index in [0.717, 1.165) is 11.1 Å². The molecule has 2 N–H and O–H groups in total. The number of nitrogens with one attached hydrogen (secondary N) is 2. The summed E-state index contributed by atoms with van der Waals surface area (Å²) < 4.78 is 6.18. The largest absolute Gasteiger partial charge is 0.619 e. The molecule has 0 unspecified atom stereocenters. The van der Waals surface area contributed by atoms with Gasteiger partial charge in [-0.2, -0.15) is 4.73 Å². The number of nitrogens with zero attached hydrogens (tertiary/aromatic N) is 1. The van der Waals surface area contributed by atoms with Crippen LogP contribution >= 0.6 is 0 Å². The number of ether oxygens (including phenoxy) is 1. The molecule has 0 saturated carbocycles. The molecule has 2 aromatic carbocycles. The Bertz CT molecular complexity index is 943. The lowest BCUT2D eigenvalue weighted by atomic mass is 10.0. The van der Waals surface area contributed by atoms with Crippen molar-refractivity contribution in [2.45, 2.75) is 6.42 Å². The Balaban J connectivity index is 1.52. The summed E-state index contributed by atoms with van der Waals surface area (Å²) >= 11 is 0. The summed E-state index contributed by atoms with van der Waals surface area (Å²) in [5.74, 6) is -0.424. The second-order valence-electron chi connectivity index (χ2n) is 6.01. The summed E-state index contributed by atoms with van der Waals surface area (Å²) in [5, 5.41) is 11.0. The monoisotopic (exact) mass is 377 g/mol. The predicted molar refractivity (Wildman–Crippen MR) is 102 cm³/mol. The smallest absolute Gasteiger partial charge is 0.276 e. The van der Waals surface area contributed by atoms with Crippen LogP contribution in [0.2, 0.25) is 0 Å². The number of carbonyl (C=O) groups is 2. The van der Waals surface area contributed by atoms with Crippen LogP contribution in [0, 0.1) is 5.21 Å². The van der Waals surface area contributed by atoms with Crippen LogP contribution in [0.3, 0.4) is 0 Å². The van der Waals surface area contributed by atoms with E-state index in [9.17, 15) is 14.8 Å². The Morgan fingerprint density at radius 1 is 0.893 bits per heavy atom.